The van der Waals surface area contributed by atoms with Gasteiger partial charge in [0.1, 0.15) is 5.56 Å². The van der Waals surface area contributed by atoms with Crippen molar-refractivity contribution in [2.75, 3.05) is 18.0 Å². The van der Waals surface area contributed by atoms with E-state index in [1.54, 1.807) is 17.9 Å². The molecule has 19 heavy (non-hydrogen) atoms. The quantitative estimate of drug-likeness (QED) is 0.832. The summed E-state index contributed by atoms with van der Waals surface area (Å²) in [5, 5.41) is 14.1. The monoisotopic (exact) mass is 258 g/mol. The number of carboxylic acid groups (broad SMARTS) is 1. The molecule has 98 valence electrons. The van der Waals surface area contributed by atoms with Crippen LogP contribution in [0.15, 0.2) is 12.4 Å². The summed E-state index contributed by atoms with van der Waals surface area (Å²) in [6.07, 6.45) is 8.30. The van der Waals surface area contributed by atoms with Crippen molar-refractivity contribution in [1.29, 1.82) is 0 Å². The van der Waals surface area contributed by atoms with Crippen molar-refractivity contribution in [2.24, 2.45) is 7.05 Å². The maximum atomic E-state index is 11.4. The van der Waals surface area contributed by atoms with Crippen LogP contribution < -0.4 is 4.90 Å². The number of fused-ring (bicyclic) bond motifs is 1. The van der Waals surface area contributed by atoms with Gasteiger partial charge >= 0.3 is 5.97 Å². The molecule has 0 saturated carbocycles. The number of hydrogen-bond donors (Lipinski definition) is 1. The first-order chi connectivity index (χ1) is 9.10. The van der Waals surface area contributed by atoms with E-state index >= 15 is 0 Å². The zero-order chi connectivity index (χ0) is 14.0. The lowest BCUT2D eigenvalue weighted by atomic mass is 10.1. The van der Waals surface area contributed by atoms with Gasteiger partial charge in [-0.1, -0.05) is 5.92 Å². The highest BCUT2D eigenvalue weighted by atomic mass is 16.4. The molecule has 0 atom stereocenters. The van der Waals surface area contributed by atoms with Gasteiger partial charge in [0.05, 0.1) is 23.8 Å². The minimum absolute atomic E-state index is 0.137. The molecule has 0 spiro atoms. The van der Waals surface area contributed by atoms with E-state index < -0.39 is 5.97 Å². The number of anilines is 1. The lowest BCUT2D eigenvalue weighted by Gasteiger charge is -2.22. The van der Waals surface area contributed by atoms with E-state index in [2.05, 4.69) is 16.0 Å². The number of pyridine rings is 1. The number of aromatic nitrogens is 3. The van der Waals surface area contributed by atoms with Gasteiger partial charge < -0.3 is 10.0 Å². The molecule has 0 aliphatic heterocycles. The fourth-order valence-corrected chi connectivity index (χ4v) is 2.04. The van der Waals surface area contributed by atoms with Gasteiger partial charge in [-0.15, -0.1) is 6.42 Å². The van der Waals surface area contributed by atoms with Gasteiger partial charge in [0.2, 0.25) is 0 Å². The molecule has 0 aliphatic rings. The fraction of sp³-hybridized carbons (Fsp3) is 0.308. The van der Waals surface area contributed by atoms with Crippen LogP contribution in [0.25, 0.3) is 11.0 Å². The SMILES string of the molecule is C#CCN(CC)c1c(C(=O)O)cnc2c1cnn2C. The Morgan fingerprint density at radius 2 is 2.32 bits per heavy atom. The number of aryl methyl sites for hydroxylation is 1. The van der Waals surface area contributed by atoms with Crippen LogP contribution in [-0.4, -0.2) is 38.9 Å². The van der Waals surface area contributed by atoms with Crippen LogP contribution in [0.5, 0.6) is 0 Å². The van der Waals surface area contributed by atoms with E-state index in [9.17, 15) is 9.90 Å². The number of nitrogens with zero attached hydrogens (tertiary/aromatic N) is 4. The summed E-state index contributed by atoms with van der Waals surface area (Å²) in [5.74, 6) is 1.52. The van der Waals surface area contributed by atoms with E-state index in [1.807, 2.05) is 11.8 Å². The van der Waals surface area contributed by atoms with E-state index in [1.165, 1.54) is 6.20 Å². The maximum absolute atomic E-state index is 11.4. The second kappa shape index (κ2) is 4.98. The van der Waals surface area contributed by atoms with Crippen LogP contribution in [0.4, 0.5) is 5.69 Å². The molecule has 2 aromatic heterocycles. The molecule has 0 amide bonds. The number of carbonyl (C=O) groups is 1. The Morgan fingerprint density at radius 3 is 2.89 bits per heavy atom. The van der Waals surface area contributed by atoms with E-state index in [0.717, 1.165) is 0 Å². The fourth-order valence-electron chi connectivity index (χ4n) is 2.04. The number of terminal acetylenes is 1. The highest BCUT2D eigenvalue weighted by Crippen LogP contribution is 2.29. The standard InChI is InChI=1S/C13H14N4O2/c1-4-6-17(5-2)11-9-8-15-16(3)12(9)14-7-10(11)13(18)19/h1,7-8H,5-6H2,2-3H3,(H,18,19). The van der Waals surface area contributed by atoms with E-state index in [0.29, 0.717) is 29.8 Å². The number of rotatable bonds is 4. The summed E-state index contributed by atoms with van der Waals surface area (Å²) >= 11 is 0. The molecule has 1 N–H and O–H groups in total. The maximum Gasteiger partial charge on any atom is 0.339 e. The molecular formula is C13H14N4O2. The van der Waals surface area contributed by atoms with Crippen molar-refractivity contribution >= 4 is 22.7 Å². The Morgan fingerprint density at radius 1 is 1.58 bits per heavy atom. The highest BCUT2D eigenvalue weighted by Gasteiger charge is 2.20. The lowest BCUT2D eigenvalue weighted by molar-refractivity contribution is 0.0697. The first kappa shape index (κ1) is 12.9. The van der Waals surface area contributed by atoms with Crippen molar-refractivity contribution < 1.29 is 9.90 Å². The van der Waals surface area contributed by atoms with Crippen LogP contribution in [0.1, 0.15) is 17.3 Å². The largest absolute Gasteiger partial charge is 0.478 e. The second-order valence-electron chi connectivity index (χ2n) is 4.05. The molecule has 0 bridgehead atoms. The first-order valence-corrected chi connectivity index (χ1v) is 5.82. The molecule has 2 rings (SSSR count). The van der Waals surface area contributed by atoms with Crippen LogP contribution in [-0.2, 0) is 7.05 Å². The van der Waals surface area contributed by atoms with Crippen LogP contribution >= 0.6 is 0 Å². The number of hydrogen-bond acceptors (Lipinski definition) is 4. The zero-order valence-corrected chi connectivity index (χ0v) is 10.8. The minimum atomic E-state index is -1.02. The third-order valence-corrected chi connectivity index (χ3v) is 2.94. The molecule has 0 aliphatic carbocycles. The zero-order valence-electron chi connectivity index (χ0n) is 10.8. The average Bonchev–Trinajstić information content (AvgIpc) is 2.77. The Bertz CT molecular complexity index is 669. The van der Waals surface area contributed by atoms with Gasteiger partial charge in [-0.3, -0.25) is 4.68 Å². The summed E-state index contributed by atoms with van der Waals surface area (Å²) in [6.45, 7) is 2.87. The van der Waals surface area contributed by atoms with Crippen LogP contribution in [0, 0.1) is 12.3 Å². The summed E-state index contributed by atoms with van der Waals surface area (Å²) in [5.41, 5.74) is 1.35. The average molecular weight is 258 g/mol. The summed E-state index contributed by atoms with van der Waals surface area (Å²) < 4.78 is 1.61. The molecular weight excluding hydrogens is 244 g/mol. The Hall–Kier alpha value is -2.55. The lowest BCUT2D eigenvalue weighted by Crippen LogP contribution is -2.25. The van der Waals surface area contributed by atoms with Gasteiger partial charge in [-0.05, 0) is 6.92 Å². The van der Waals surface area contributed by atoms with Crippen LogP contribution in [0.3, 0.4) is 0 Å². The number of aromatic carboxylic acids is 1. The normalized spacial score (nSPS) is 10.4. The smallest absolute Gasteiger partial charge is 0.339 e. The van der Waals surface area contributed by atoms with Crippen molar-refractivity contribution in [3.05, 3.63) is 18.0 Å². The Labute approximate surface area is 110 Å². The van der Waals surface area contributed by atoms with Gasteiger partial charge in [-0.25, -0.2) is 9.78 Å². The van der Waals surface area contributed by atoms with Crippen molar-refractivity contribution in [3.63, 3.8) is 0 Å². The summed E-state index contributed by atoms with van der Waals surface area (Å²) in [4.78, 5) is 17.3. The van der Waals surface area contributed by atoms with E-state index in [-0.39, 0.29) is 5.56 Å². The predicted octanol–water partition coefficient (Wildman–Crippen LogP) is 1.13. The Balaban J connectivity index is 2.75. The summed E-state index contributed by atoms with van der Waals surface area (Å²) in [6, 6.07) is 0. The van der Waals surface area contributed by atoms with Gasteiger partial charge in [0.25, 0.3) is 0 Å². The third kappa shape index (κ3) is 2.10. The topological polar surface area (TPSA) is 71.2 Å². The Kier molecular flexibility index (Phi) is 3.38. The number of carboxylic acids is 1. The van der Waals surface area contributed by atoms with Crippen LogP contribution in [0.2, 0.25) is 0 Å². The molecule has 2 aromatic rings. The molecule has 0 aromatic carbocycles. The molecule has 6 heteroatoms. The molecule has 0 fully saturated rings. The minimum Gasteiger partial charge on any atom is -0.478 e. The highest BCUT2D eigenvalue weighted by molar-refractivity contribution is 6.03. The predicted molar refractivity (Wildman–Crippen MR) is 72.2 cm³/mol. The van der Waals surface area contributed by atoms with Crippen molar-refractivity contribution in [3.8, 4) is 12.3 Å². The molecule has 0 radical (unpaired) electrons. The molecule has 6 nitrogen and oxygen atoms in total. The summed E-state index contributed by atoms with van der Waals surface area (Å²) in [7, 11) is 1.76. The second-order valence-corrected chi connectivity index (χ2v) is 4.05. The van der Waals surface area contributed by atoms with Crippen molar-refractivity contribution in [1.82, 2.24) is 14.8 Å². The van der Waals surface area contributed by atoms with Gasteiger partial charge in [0.15, 0.2) is 5.65 Å². The van der Waals surface area contributed by atoms with E-state index in [4.69, 9.17) is 6.42 Å². The van der Waals surface area contributed by atoms with Gasteiger partial charge in [0, 0.05) is 19.8 Å². The third-order valence-electron chi connectivity index (χ3n) is 2.94. The molecule has 0 saturated heterocycles. The molecule has 0 unspecified atom stereocenters. The van der Waals surface area contributed by atoms with Crippen molar-refractivity contribution in [2.45, 2.75) is 6.92 Å². The molecule has 2 heterocycles. The first-order valence-electron chi connectivity index (χ1n) is 5.82. The van der Waals surface area contributed by atoms with Gasteiger partial charge in [-0.2, -0.15) is 5.10 Å².